The standard InChI is InChI=1S/C58H80N18O12/c59-23-7-6-14-41(71-53(84)45(27-33-10-2-1-3-11-33)74-51(82)42(15-8-24-66-57(61)62)70-49(80)39(60)26-34-17-19-37(77)20-18-34)50(81)72-43(21-22-48(78)79)52(83)76-47(29-36-31-65-32-69-36)55(86)75-46(28-35-30-68-40-13-5-4-12-38(35)40)54(85)73-44(56(87)88)16-9-25-67-58(63)64/h1-5,10-13,17-20,30-32,39,41-47,68,77H,6-9,14-16,21-29,59-60H2,(H,65,69)(H,70,80)(H,71,84)(H,72,81)(H,73,85)(H,74,82)(H,75,86)(H,76,83)(H,78,79)(H,87,88)(H4,61,62,66)(H4,63,64,67)/t39-,41-,42+,43-,44+,45-,46-,47-/m0/s1. The summed E-state index contributed by atoms with van der Waals surface area (Å²) >= 11 is 0. The number of phenols is 1. The maximum absolute atomic E-state index is 14.6. The van der Waals surface area contributed by atoms with E-state index in [0.717, 1.165) is 0 Å². The van der Waals surface area contributed by atoms with Gasteiger partial charge in [0.1, 0.15) is 48.0 Å². The van der Waals surface area contributed by atoms with Crippen molar-refractivity contribution in [2.75, 3.05) is 19.6 Å². The van der Waals surface area contributed by atoms with Crippen molar-refractivity contribution < 1.29 is 58.5 Å². The molecule has 0 radical (unpaired) electrons. The lowest BCUT2D eigenvalue weighted by molar-refractivity contribution is -0.142. The van der Waals surface area contributed by atoms with E-state index in [1.165, 1.54) is 24.7 Å². The van der Waals surface area contributed by atoms with Crippen molar-refractivity contribution in [3.63, 3.8) is 0 Å². The van der Waals surface area contributed by atoms with E-state index in [9.17, 15) is 58.5 Å². The van der Waals surface area contributed by atoms with Gasteiger partial charge in [-0.3, -0.25) is 49.2 Å². The minimum Gasteiger partial charge on any atom is -0.508 e. The predicted octanol–water partition coefficient (Wildman–Crippen LogP) is -1.81. The molecule has 7 amide bonds. The number of carboxylic acids is 2. The first-order valence-electron chi connectivity index (χ1n) is 28.6. The lowest BCUT2D eigenvalue weighted by Gasteiger charge is -2.28. The molecular formula is C58H80N18O12. The number of para-hydroxylation sites is 1. The van der Waals surface area contributed by atoms with E-state index in [1.54, 1.807) is 72.9 Å². The van der Waals surface area contributed by atoms with Crippen LogP contribution in [0.4, 0.5) is 0 Å². The van der Waals surface area contributed by atoms with Crippen molar-refractivity contribution in [2.45, 2.75) is 132 Å². The zero-order valence-electron chi connectivity index (χ0n) is 48.4. The van der Waals surface area contributed by atoms with Crippen molar-refractivity contribution >= 4 is 76.1 Å². The van der Waals surface area contributed by atoms with Crippen LogP contribution in [0.3, 0.4) is 0 Å². The van der Waals surface area contributed by atoms with Crippen LogP contribution in [-0.4, -0.2) is 163 Å². The number of carboxylic acid groups (broad SMARTS) is 2. The van der Waals surface area contributed by atoms with Gasteiger partial charge in [-0.2, -0.15) is 0 Å². The summed E-state index contributed by atoms with van der Waals surface area (Å²) in [5.41, 5.74) is 25.7. The summed E-state index contributed by atoms with van der Waals surface area (Å²) < 4.78 is 0. The van der Waals surface area contributed by atoms with Crippen LogP contribution in [0.25, 0.3) is 10.9 Å². The number of aliphatic carboxylic acids is 2. The zero-order chi connectivity index (χ0) is 64.1. The highest BCUT2D eigenvalue weighted by atomic mass is 16.4. The smallest absolute Gasteiger partial charge is 0.326 e. The van der Waals surface area contributed by atoms with Crippen LogP contribution in [0, 0.1) is 10.8 Å². The summed E-state index contributed by atoms with van der Waals surface area (Å²) in [6.07, 6.45) is 3.42. The van der Waals surface area contributed by atoms with Gasteiger partial charge in [0.25, 0.3) is 0 Å². The summed E-state index contributed by atoms with van der Waals surface area (Å²) in [6, 6.07) is 10.2. The molecule has 5 rings (SSSR count). The number of hydrogen-bond acceptors (Lipinski definition) is 15. The molecule has 474 valence electrons. The Morgan fingerprint density at radius 2 is 1.00 bits per heavy atom. The van der Waals surface area contributed by atoms with Gasteiger partial charge < -0.3 is 96.1 Å². The number of imidazole rings is 1. The molecule has 0 aliphatic rings. The van der Waals surface area contributed by atoms with Gasteiger partial charge in [-0.25, -0.2) is 9.78 Å². The van der Waals surface area contributed by atoms with Gasteiger partial charge in [0.2, 0.25) is 41.4 Å². The van der Waals surface area contributed by atoms with Gasteiger partial charge in [-0.05, 0) is 99.2 Å². The van der Waals surface area contributed by atoms with Crippen molar-refractivity contribution in [2.24, 2.45) is 22.9 Å². The molecule has 3 aromatic carbocycles. The Kier molecular flexibility index (Phi) is 27.6. The third-order valence-corrected chi connectivity index (χ3v) is 14.1. The molecule has 0 aliphatic carbocycles. The maximum Gasteiger partial charge on any atom is 0.326 e. The van der Waals surface area contributed by atoms with E-state index >= 15 is 0 Å². The topological polar surface area (TPSA) is 519 Å². The number of phenolic OH excluding ortho intramolecular Hbond substituents is 1. The van der Waals surface area contributed by atoms with Crippen LogP contribution >= 0.6 is 0 Å². The molecule has 0 fully saturated rings. The number of benzene rings is 3. The molecule has 0 saturated carbocycles. The SMILES string of the molecule is N=C(N)NCCC[C@@H](NC(=O)[C@H](Cc1c[nH]c2ccccc12)NC(=O)[C@H](Cc1c[nH]cn1)NC(=O)[C@H](CCC(=O)O)NC(=O)[C@H](CCCCN)NC(=O)[C@H](Cc1ccccc1)NC(=O)[C@@H](CCCNC(=N)N)NC(=O)[C@@H](N)Cc1ccc(O)cc1)C(=O)O. The molecule has 0 unspecified atom stereocenters. The van der Waals surface area contributed by atoms with Gasteiger partial charge >= 0.3 is 11.9 Å². The number of rotatable bonds is 38. The number of nitrogens with one attached hydrogen (secondary N) is 13. The van der Waals surface area contributed by atoms with E-state index in [-0.39, 0.29) is 107 Å². The van der Waals surface area contributed by atoms with Gasteiger partial charge in [0.05, 0.1) is 18.1 Å². The Balaban J connectivity index is 1.41. The van der Waals surface area contributed by atoms with Crippen LogP contribution in [-0.2, 0) is 68.8 Å². The molecule has 24 N–H and O–H groups in total. The van der Waals surface area contributed by atoms with Crippen molar-refractivity contribution in [3.8, 4) is 5.75 Å². The van der Waals surface area contributed by atoms with E-state index < -0.39 is 114 Å². The Labute approximate surface area is 506 Å². The van der Waals surface area contributed by atoms with E-state index in [4.69, 9.17) is 33.8 Å². The lowest BCUT2D eigenvalue weighted by Crippen LogP contribution is -2.60. The van der Waals surface area contributed by atoms with Crippen molar-refractivity contribution in [1.29, 1.82) is 10.8 Å². The number of nitrogens with zero attached hydrogens (tertiary/aromatic N) is 1. The first-order chi connectivity index (χ1) is 42.1. The predicted molar refractivity (Wildman–Crippen MR) is 323 cm³/mol. The molecule has 2 heterocycles. The number of nitrogens with two attached hydrogens (primary N) is 4. The molecule has 8 atom stereocenters. The Morgan fingerprint density at radius 1 is 0.523 bits per heavy atom. The quantitative estimate of drug-likeness (QED) is 0.0118. The van der Waals surface area contributed by atoms with Crippen LogP contribution in [0.15, 0.2) is 97.6 Å². The van der Waals surface area contributed by atoms with Crippen LogP contribution in [0.5, 0.6) is 5.75 Å². The molecule has 2 aromatic heterocycles. The molecular weight excluding hydrogens is 1140 g/mol. The number of amides is 7. The Hall–Kier alpha value is -10.1. The summed E-state index contributed by atoms with van der Waals surface area (Å²) in [5.74, 6) is -9.64. The second-order valence-electron chi connectivity index (χ2n) is 20.9. The highest BCUT2D eigenvalue weighted by Crippen LogP contribution is 2.20. The van der Waals surface area contributed by atoms with Crippen LogP contribution in [0.2, 0.25) is 0 Å². The molecule has 88 heavy (non-hydrogen) atoms. The zero-order valence-corrected chi connectivity index (χ0v) is 48.4. The van der Waals surface area contributed by atoms with Crippen molar-refractivity contribution in [1.82, 2.24) is 62.8 Å². The monoisotopic (exact) mass is 1220 g/mol. The van der Waals surface area contributed by atoms with Gasteiger partial charge in [-0.15, -0.1) is 0 Å². The number of H-pyrrole nitrogens is 2. The van der Waals surface area contributed by atoms with Gasteiger partial charge in [0.15, 0.2) is 11.9 Å². The largest absolute Gasteiger partial charge is 0.508 e. The molecule has 0 spiro atoms. The number of hydrogen-bond donors (Lipinski definition) is 20. The Bertz CT molecular complexity index is 3140. The molecule has 5 aromatic rings. The second kappa shape index (κ2) is 35.4. The lowest BCUT2D eigenvalue weighted by atomic mass is 10.0. The first kappa shape index (κ1) is 68.7. The average Bonchev–Trinajstić information content (AvgIpc) is 4.34. The minimum absolute atomic E-state index is 0.00672. The number of guanidine groups is 2. The number of aromatic nitrogens is 3. The number of aromatic hydroxyl groups is 1. The number of carbonyl (C=O) groups excluding carboxylic acids is 7. The molecule has 30 heteroatoms. The molecule has 0 aliphatic heterocycles. The number of unbranched alkanes of at least 4 members (excludes halogenated alkanes) is 1. The molecule has 0 saturated heterocycles. The maximum atomic E-state index is 14.6. The first-order valence-corrected chi connectivity index (χ1v) is 28.6. The van der Waals surface area contributed by atoms with Crippen LogP contribution in [0.1, 0.15) is 80.2 Å². The van der Waals surface area contributed by atoms with Gasteiger partial charge in [0, 0.05) is 62.1 Å². The number of carbonyl (C=O) groups is 9. The fourth-order valence-electron chi connectivity index (χ4n) is 9.38. The third-order valence-electron chi connectivity index (χ3n) is 14.1. The second-order valence-corrected chi connectivity index (χ2v) is 20.9. The fourth-order valence-corrected chi connectivity index (χ4v) is 9.38. The summed E-state index contributed by atoms with van der Waals surface area (Å²) in [7, 11) is 0. The fraction of sp³-hybridized carbons (Fsp3) is 0.414. The third kappa shape index (κ3) is 23.4. The Morgan fingerprint density at radius 3 is 1.55 bits per heavy atom. The molecule has 0 bridgehead atoms. The van der Waals surface area contributed by atoms with Crippen molar-refractivity contribution in [3.05, 3.63) is 120 Å². The highest BCUT2D eigenvalue weighted by Gasteiger charge is 2.35. The average molecular weight is 1220 g/mol. The summed E-state index contributed by atoms with van der Waals surface area (Å²) in [6.45, 7) is 0.455. The normalized spacial score (nSPS) is 13.8. The number of aromatic amines is 2. The minimum atomic E-state index is -1.69. The van der Waals surface area contributed by atoms with Gasteiger partial charge in [-0.1, -0.05) is 60.7 Å². The summed E-state index contributed by atoms with van der Waals surface area (Å²) in [4.78, 5) is 135. The van der Waals surface area contributed by atoms with Crippen LogP contribution < -0.4 is 70.8 Å². The van der Waals surface area contributed by atoms with E-state index in [1.807, 2.05) is 0 Å². The molecule has 30 nitrogen and oxygen atoms in total. The summed E-state index contributed by atoms with van der Waals surface area (Å²) in [5, 5.41) is 68.9. The van der Waals surface area contributed by atoms with E-state index in [2.05, 4.69) is 62.8 Å². The highest BCUT2D eigenvalue weighted by molar-refractivity contribution is 5.98. The number of fused-ring (bicyclic) bond motifs is 1. The van der Waals surface area contributed by atoms with E-state index in [0.29, 0.717) is 34.0 Å².